The number of hydrogen-bond acceptors (Lipinski definition) is 2. The first-order valence-electron chi connectivity index (χ1n) is 3.82. The first kappa shape index (κ1) is 9.15. The third-order valence-electron chi connectivity index (χ3n) is 1.48. The summed E-state index contributed by atoms with van der Waals surface area (Å²) in [5.41, 5.74) is 0.542. The minimum Gasteiger partial charge on any atom is -0.249 e. The van der Waals surface area contributed by atoms with Crippen LogP contribution in [-0.4, -0.2) is 4.98 Å². The predicted molar refractivity (Wildman–Crippen MR) is 54.3 cm³/mol. The van der Waals surface area contributed by atoms with Crippen LogP contribution in [0, 0.1) is 0 Å². The van der Waals surface area contributed by atoms with Crippen LogP contribution in [0.3, 0.4) is 0 Å². The van der Waals surface area contributed by atoms with E-state index in [9.17, 15) is 0 Å². The summed E-state index contributed by atoms with van der Waals surface area (Å²) >= 11 is 1.82. The van der Waals surface area contributed by atoms with Crippen molar-refractivity contribution in [3.05, 3.63) is 16.1 Å². The van der Waals surface area contributed by atoms with Crippen LogP contribution < -0.4 is 0 Å². The molecule has 0 bridgehead atoms. The summed E-state index contributed by atoms with van der Waals surface area (Å²) in [6, 6.07) is 0. The van der Waals surface area contributed by atoms with Crippen LogP contribution in [0.5, 0.6) is 0 Å². The highest BCUT2D eigenvalue weighted by atomic mass is 32.1. The predicted octanol–water partition coefficient (Wildman–Crippen LogP) is 3.20. The maximum Gasteiger partial charge on any atom is 0.0953 e. The quantitative estimate of drug-likeness (QED) is 0.648. The van der Waals surface area contributed by atoms with E-state index in [1.165, 1.54) is 9.88 Å². The van der Waals surface area contributed by atoms with Crippen molar-refractivity contribution in [2.75, 3.05) is 0 Å². The molecule has 11 heavy (non-hydrogen) atoms. The molecule has 0 saturated carbocycles. The standard InChI is InChI=1S/C8H14NPS/c1-5(2)8-9-4-7(11-8)6(3)10/h4-6H,10H2,1-3H3. The molecule has 1 aromatic heterocycles. The summed E-state index contributed by atoms with van der Waals surface area (Å²) in [5, 5.41) is 1.24. The molecule has 2 atom stereocenters. The van der Waals surface area contributed by atoms with Crippen LogP contribution in [0.2, 0.25) is 0 Å². The van der Waals surface area contributed by atoms with Crippen molar-refractivity contribution in [3.8, 4) is 0 Å². The van der Waals surface area contributed by atoms with E-state index in [-0.39, 0.29) is 0 Å². The van der Waals surface area contributed by atoms with Gasteiger partial charge >= 0.3 is 0 Å². The minimum absolute atomic E-state index is 0.542. The average molecular weight is 187 g/mol. The first-order valence-corrected chi connectivity index (χ1v) is 5.30. The Morgan fingerprint density at radius 2 is 2.09 bits per heavy atom. The molecule has 1 aromatic rings. The summed E-state index contributed by atoms with van der Waals surface area (Å²) in [7, 11) is 2.79. The Hall–Kier alpha value is 0.0600. The summed E-state index contributed by atoms with van der Waals surface area (Å²) < 4.78 is 0. The van der Waals surface area contributed by atoms with E-state index < -0.39 is 0 Å². The zero-order valence-electron chi connectivity index (χ0n) is 7.16. The zero-order valence-corrected chi connectivity index (χ0v) is 9.14. The van der Waals surface area contributed by atoms with E-state index in [0.29, 0.717) is 11.6 Å². The van der Waals surface area contributed by atoms with E-state index in [2.05, 4.69) is 35.0 Å². The number of nitrogens with zero attached hydrogens (tertiary/aromatic N) is 1. The molecular formula is C8H14NPS. The van der Waals surface area contributed by atoms with E-state index in [4.69, 9.17) is 0 Å². The fourth-order valence-corrected chi connectivity index (χ4v) is 1.94. The highest BCUT2D eigenvalue weighted by Gasteiger charge is 2.07. The fraction of sp³-hybridized carbons (Fsp3) is 0.625. The van der Waals surface area contributed by atoms with Crippen LogP contribution in [0.15, 0.2) is 6.20 Å². The Bertz CT molecular complexity index is 207. The maximum atomic E-state index is 4.34. The van der Waals surface area contributed by atoms with Crippen molar-refractivity contribution in [1.29, 1.82) is 0 Å². The third-order valence-corrected chi connectivity index (χ3v) is 3.58. The lowest BCUT2D eigenvalue weighted by molar-refractivity contribution is 0.852. The molecule has 0 N–H and O–H groups in total. The maximum absolute atomic E-state index is 4.34. The highest BCUT2D eigenvalue weighted by Crippen LogP contribution is 2.30. The molecule has 2 unspecified atom stereocenters. The molecule has 0 aliphatic carbocycles. The zero-order chi connectivity index (χ0) is 8.43. The Kier molecular flexibility index (Phi) is 3.03. The lowest BCUT2D eigenvalue weighted by atomic mass is 10.2. The van der Waals surface area contributed by atoms with Crippen LogP contribution in [0.25, 0.3) is 0 Å². The van der Waals surface area contributed by atoms with Crippen LogP contribution in [0.1, 0.15) is 42.2 Å². The van der Waals surface area contributed by atoms with Gasteiger partial charge in [-0.1, -0.05) is 20.8 Å². The molecule has 62 valence electrons. The van der Waals surface area contributed by atoms with Crippen molar-refractivity contribution >= 4 is 20.6 Å². The molecule has 1 heterocycles. The lowest BCUT2D eigenvalue weighted by Crippen LogP contribution is -1.81. The van der Waals surface area contributed by atoms with Gasteiger partial charge in [-0.05, 0) is 0 Å². The highest BCUT2D eigenvalue weighted by molar-refractivity contribution is 7.20. The van der Waals surface area contributed by atoms with Crippen molar-refractivity contribution in [2.45, 2.75) is 32.3 Å². The van der Waals surface area contributed by atoms with Gasteiger partial charge < -0.3 is 0 Å². The van der Waals surface area contributed by atoms with Gasteiger partial charge in [-0.25, -0.2) is 4.98 Å². The number of aromatic nitrogens is 1. The molecule has 0 saturated heterocycles. The molecule has 0 spiro atoms. The molecule has 1 nitrogen and oxygen atoms in total. The SMILES string of the molecule is CC(C)c1ncc(C(C)P)s1. The second kappa shape index (κ2) is 3.64. The Balaban J connectivity index is 2.82. The largest absolute Gasteiger partial charge is 0.249 e. The van der Waals surface area contributed by atoms with Gasteiger partial charge in [0.05, 0.1) is 5.01 Å². The summed E-state index contributed by atoms with van der Waals surface area (Å²) in [5.74, 6) is 0.567. The van der Waals surface area contributed by atoms with E-state index >= 15 is 0 Å². The molecular weight excluding hydrogens is 173 g/mol. The van der Waals surface area contributed by atoms with Gasteiger partial charge in [0.1, 0.15) is 0 Å². The second-order valence-corrected chi connectivity index (χ2v) is 5.14. The summed E-state index contributed by atoms with van der Waals surface area (Å²) in [4.78, 5) is 5.70. The molecule has 0 radical (unpaired) electrons. The first-order chi connectivity index (χ1) is 5.11. The molecule has 3 heteroatoms. The average Bonchev–Trinajstić information content (AvgIpc) is 2.33. The Morgan fingerprint density at radius 1 is 1.45 bits per heavy atom. The van der Waals surface area contributed by atoms with Gasteiger partial charge in [0, 0.05) is 22.7 Å². The van der Waals surface area contributed by atoms with Gasteiger partial charge in [-0.3, -0.25) is 0 Å². The molecule has 0 aliphatic heterocycles. The van der Waals surface area contributed by atoms with Gasteiger partial charge in [-0.15, -0.1) is 20.6 Å². The Labute approximate surface area is 74.4 Å². The number of thiazole rings is 1. The summed E-state index contributed by atoms with van der Waals surface area (Å²) in [6.07, 6.45) is 1.98. The van der Waals surface area contributed by atoms with Gasteiger partial charge in [-0.2, -0.15) is 0 Å². The lowest BCUT2D eigenvalue weighted by Gasteiger charge is -1.98. The van der Waals surface area contributed by atoms with Gasteiger partial charge in [0.2, 0.25) is 0 Å². The third kappa shape index (κ3) is 2.25. The van der Waals surface area contributed by atoms with Crippen LogP contribution in [0.4, 0.5) is 0 Å². The second-order valence-electron chi connectivity index (χ2n) is 3.04. The minimum atomic E-state index is 0.542. The molecule has 0 amide bonds. The number of rotatable bonds is 2. The van der Waals surface area contributed by atoms with Crippen molar-refractivity contribution in [2.24, 2.45) is 0 Å². The van der Waals surface area contributed by atoms with E-state index in [1.807, 2.05) is 17.5 Å². The Morgan fingerprint density at radius 3 is 2.36 bits per heavy atom. The normalized spacial score (nSPS) is 13.9. The van der Waals surface area contributed by atoms with Gasteiger partial charge in [0.15, 0.2) is 0 Å². The van der Waals surface area contributed by atoms with E-state index in [0.717, 1.165) is 0 Å². The molecule has 0 aliphatic rings. The molecule has 0 fully saturated rings. The van der Waals surface area contributed by atoms with Crippen molar-refractivity contribution in [3.63, 3.8) is 0 Å². The van der Waals surface area contributed by atoms with E-state index in [1.54, 1.807) is 0 Å². The smallest absolute Gasteiger partial charge is 0.0953 e. The summed E-state index contributed by atoms with van der Waals surface area (Å²) in [6.45, 7) is 6.52. The molecule has 1 rings (SSSR count). The number of hydrogen-bond donors (Lipinski definition) is 0. The monoisotopic (exact) mass is 187 g/mol. The van der Waals surface area contributed by atoms with Crippen molar-refractivity contribution < 1.29 is 0 Å². The molecule has 0 aromatic carbocycles. The van der Waals surface area contributed by atoms with Gasteiger partial charge in [0.25, 0.3) is 0 Å². The van der Waals surface area contributed by atoms with Crippen LogP contribution in [-0.2, 0) is 0 Å². The van der Waals surface area contributed by atoms with Crippen molar-refractivity contribution in [1.82, 2.24) is 4.98 Å². The van der Waals surface area contributed by atoms with Crippen LogP contribution >= 0.6 is 20.6 Å². The topological polar surface area (TPSA) is 12.9 Å². The fourth-order valence-electron chi connectivity index (χ4n) is 0.778.